The molecule has 4 heteroatoms. The molecule has 19 heavy (non-hydrogen) atoms. The maximum absolute atomic E-state index is 11.9. The van der Waals surface area contributed by atoms with E-state index < -0.39 is 0 Å². The lowest BCUT2D eigenvalue weighted by Gasteiger charge is -2.07. The van der Waals surface area contributed by atoms with Gasteiger partial charge in [0.25, 0.3) is 5.91 Å². The zero-order chi connectivity index (χ0) is 13.7. The second kappa shape index (κ2) is 6.34. The van der Waals surface area contributed by atoms with Gasteiger partial charge in [-0.1, -0.05) is 41.9 Å². The summed E-state index contributed by atoms with van der Waals surface area (Å²) in [5.41, 5.74) is 2.40. The molecule has 0 spiro atoms. The topological polar surface area (TPSA) is 42.0 Å². The van der Waals surface area contributed by atoms with Gasteiger partial charge in [-0.3, -0.25) is 9.78 Å². The first kappa shape index (κ1) is 13.6. The molecule has 98 valence electrons. The summed E-state index contributed by atoms with van der Waals surface area (Å²) >= 11 is 6.02. The molecule has 1 aromatic heterocycles. The van der Waals surface area contributed by atoms with Crippen LogP contribution in [0.3, 0.4) is 0 Å². The van der Waals surface area contributed by atoms with Crippen LogP contribution in [0.2, 0.25) is 5.02 Å². The van der Waals surface area contributed by atoms with E-state index in [1.807, 2.05) is 37.3 Å². The van der Waals surface area contributed by atoms with E-state index in [2.05, 4.69) is 10.3 Å². The first-order valence-corrected chi connectivity index (χ1v) is 6.49. The molecule has 0 atom stereocenters. The van der Waals surface area contributed by atoms with Crippen molar-refractivity contribution in [2.24, 2.45) is 0 Å². The second-order valence-electron chi connectivity index (χ2n) is 4.30. The third kappa shape index (κ3) is 3.80. The largest absolute Gasteiger partial charge is 0.352 e. The molecule has 1 amide bonds. The number of carbonyl (C=O) groups is 1. The predicted molar refractivity (Wildman–Crippen MR) is 76.5 cm³/mol. The van der Waals surface area contributed by atoms with Crippen LogP contribution in [-0.4, -0.2) is 17.4 Å². The highest BCUT2D eigenvalue weighted by molar-refractivity contribution is 6.33. The van der Waals surface area contributed by atoms with Gasteiger partial charge in [-0.2, -0.15) is 0 Å². The summed E-state index contributed by atoms with van der Waals surface area (Å²) in [6.45, 7) is 2.41. The Bertz CT molecular complexity index is 570. The fraction of sp³-hybridized carbons (Fsp3) is 0.200. The maximum Gasteiger partial charge on any atom is 0.254 e. The summed E-state index contributed by atoms with van der Waals surface area (Å²) in [6.07, 6.45) is 2.30. The van der Waals surface area contributed by atoms with Gasteiger partial charge in [0.1, 0.15) is 0 Å². The Morgan fingerprint density at radius 2 is 2.05 bits per heavy atom. The molecule has 2 rings (SSSR count). The molecule has 0 fully saturated rings. The van der Waals surface area contributed by atoms with E-state index in [1.54, 1.807) is 6.07 Å². The smallest absolute Gasteiger partial charge is 0.254 e. The number of hydrogen-bond acceptors (Lipinski definition) is 2. The van der Waals surface area contributed by atoms with Crippen LogP contribution in [0.1, 0.15) is 21.6 Å². The number of halogens is 1. The Morgan fingerprint density at radius 1 is 1.32 bits per heavy atom. The average Bonchev–Trinajstić information content (AvgIpc) is 2.39. The molecule has 3 nitrogen and oxygen atoms in total. The number of benzene rings is 1. The lowest BCUT2D eigenvalue weighted by atomic mass is 10.1. The molecule has 0 bridgehead atoms. The van der Waals surface area contributed by atoms with Gasteiger partial charge in [0.15, 0.2) is 0 Å². The van der Waals surface area contributed by atoms with E-state index >= 15 is 0 Å². The van der Waals surface area contributed by atoms with E-state index in [9.17, 15) is 4.79 Å². The quantitative estimate of drug-likeness (QED) is 0.931. The zero-order valence-electron chi connectivity index (χ0n) is 10.7. The van der Waals surface area contributed by atoms with E-state index in [0.717, 1.165) is 12.1 Å². The predicted octanol–water partition coefficient (Wildman–Crippen LogP) is 3.02. The van der Waals surface area contributed by atoms with Gasteiger partial charge in [0.2, 0.25) is 0 Å². The molecule has 1 aromatic carbocycles. The van der Waals surface area contributed by atoms with E-state index in [0.29, 0.717) is 17.1 Å². The number of aryl methyl sites for hydroxylation is 1. The lowest BCUT2D eigenvalue weighted by molar-refractivity contribution is 0.0954. The van der Waals surface area contributed by atoms with Crippen LogP contribution in [-0.2, 0) is 6.42 Å². The number of nitrogens with one attached hydrogen (secondary N) is 1. The zero-order valence-corrected chi connectivity index (χ0v) is 11.4. The summed E-state index contributed by atoms with van der Waals surface area (Å²) in [5, 5.41) is 3.28. The van der Waals surface area contributed by atoms with Crippen LogP contribution in [0, 0.1) is 6.92 Å². The van der Waals surface area contributed by atoms with Gasteiger partial charge in [0, 0.05) is 18.4 Å². The molecule has 2 aromatic rings. The summed E-state index contributed by atoms with van der Waals surface area (Å²) in [6, 6.07) is 11.7. The van der Waals surface area contributed by atoms with Crippen LogP contribution in [0.5, 0.6) is 0 Å². The highest BCUT2D eigenvalue weighted by atomic mass is 35.5. The van der Waals surface area contributed by atoms with Crippen molar-refractivity contribution >= 4 is 17.5 Å². The second-order valence-corrected chi connectivity index (χ2v) is 4.70. The van der Waals surface area contributed by atoms with Gasteiger partial charge in [-0.25, -0.2) is 0 Å². The standard InChI is InChI=1S/C15H15ClN2O/c1-11-9-14(16)13(10-18-11)15(19)17-8-7-12-5-3-2-4-6-12/h2-6,9-10H,7-8H2,1H3,(H,17,19). The van der Waals surface area contributed by atoms with E-state index in [4.69, 9.17) is 11.6 Å². The fourth-order valence-electron chi connectivity index (χ4n) is 1.75. The molecule has 0 saturated carbocycles. The minimum absolute atomic E-state index is 0.187. The minimum atomic E-state index is -0.187. The fourth-order valence-corrected chi connectivity index (χ4v) is 2.05. The number of carbonyl (C=O) groups excluding carboxylic acids is 1. The number of rotatable bonds is 4. The van der Waals surface area contributed by atoms with Crippen molar-refractivity contribution in [2.45, 2.75) is 13.3 Å². The molecular formula is C15H15ClN2O. The summed E-state index contributed by atoms with van der Waals surface area (Å²) in [4.78, 5) is 16.0. The molecule has 1 heterocycles. The minimum Gasteiger partial charge on any atom is -0.352 e. The SMILES string of the molecule is Cc1cc(Cl)c(C(=O)NCCc2ccccc2)cn1. The number of aromatic nitrogens is 1. The van der Waals surface area contributed by atoms with Crippen molar-refractivity contribution in [3.05, 3.63) is 64.4 Å². The van der Waals surface area contributed by atoms with Crippen molar-refractivity contribution in [1.82, 2.24) is 10.3 Å². The molecule has 1 N–H and O–H groups in total. The van der Waals surface area contributed by atoms with Crippen LogP contribution in [0.15, 0.2) is 42.6 Å². The number of pyridine rings is 1. The molecule has 0 aliphatic heterocycles. The molecule has 0 unspecified atom stereocenters. The van der Waals surface area contributed by atoms with Crippen molar-refractivity contribution in [2.75, 3.05) is 6.54 Å². The molecule has 0 aliphatic rings. The van der Waals surface area contributed by atoms with Gasteiger partial charge < -0.3 is 5.32 Å². The molecule has 0 radical (unpaired) electrons. The molecular weight excluding hydrogens is 260 g/mol. The highest BCUT2D eigenvalue weighted by Crippen LogP contribution is 2.15. The average molecular weight is 275 g/mol. The number of hydrogen-bond donors (Lipinski definition) is 1. The van der Waals surface area contributed by atoms with Crippen molar-refractivity contribution < 1.29 is 4.79 Å². The summed E-state index contributed by atoms with van der Waals surface area (Å²) < 4.78 is 0. The molecule has 0 aliphatic carbocycles. The Morgan fingerprint density at radius 3 is 2.74 bits per heavy atom. The first-order chi connectivity index (χ1) is 9.16. The third-order valence-corrected chi connectivity index (χ3v) is 3.09. The van der Waals surface area contributed by atoms with Crippen molar-refractivity contribution in [3.63, 3.8) is 0 Å². The Kier molecular flexibility index (Phi) is 4.53. The van der Waals surface area contributed by atoms with Gasteiger partial charge in [0.05, 0.1) is 10.6 Å². The Hall–Kier alpha value is -1.87. The van der Waals surface area contributed by atoms with Crippen LogP contribution >= 0.6 is 11.6 Å². The van der Waals surface area contributed by atoms with Gasteiger partial charge >= 0.3 is 0 Å². The van der Waals surface area contributed by atoms with Crippen LogP contribution in [0.4, 0.5) is 0 Å². The van der Waals surface area contributed by atoms with Crippen molar-refractivity contribution in [1.29, 1.82) is 0 Å². The van der Waals surface area contributed by atoms with E-state index in [-0.39, 0.29) is 5.91 Å². The Balaban J connectivity index is 1.91. The number of nitrogens with zero attached hydrogens (tertiary/aromatic N) is 1. The summed E-state index contributed by atoms with van der Waals surface area (Å²) in [5.74, 6) is -0.187. The molecule has 0 saturated heterocycles. The first-order valence-electron chi connectivity index (χ1n) is 6.11. The monoisotopic (exact) mass is 274 g/mol. The van der Waals surface area contributed by atoms with Crippen LogP contribution in [0.25, 0.3) is 0 Å². The van der Waals surface area contributed by atoms with Gasteiger partial charge in [-0.05, 0) is 25.0 Å². The normalized spacial score (nSPS) is 10.2. The van der Waals surface area contributed by atoms with Crippen LogP contribution < -0.4 is 5.32 Å². The number of amides is 1. The lowest BCUT2D eigenvalue weighted by Crippen LogP contribution is -2.26. The van der Waals surface area contributed by atoms with E-state index in [1.165, 1.54) is 11.8 Å². The Labute approximate surface area is 117 Å². The third-order valence-electron chi connectivity index (χ3n) is 2.78. The maximum atomic E-state index is 11.9. The van der Waals surface area contributed by atoms with Crippen molar-refractivity contribution in [3.8, 4) is 0 Å². The summed E-state index contributed by atoms with van der Waals surface area (Å²) in [7, 11) is 0. The highest BCUT2D eigenvalue weighted by Gasteiger charge is 2.10. The van der Waals surface area contributed by atoms with Gasteiger partial charge in [-0.15, -0.1) is 0 Å².